The minimum absolute atomic E-state index is 0.0536. The molecule has 1 aliphatic heterocycles. The number of nitrogens with zero attached hydrogens (tertiary/aromatic N) is 2. The minimum atomic E-state index is -0.0536. The monoisotopic (exact) mass is 401 g/mol. The van der Waals surface area contributed by atoms with Crippen LogP contribution in [0.25, 0.3) is 0 Å². The van der Waals surface area contributed by atoms with E-state index >= 15 is 0 Å². The van der Waals surface area contributed by atoms with Crippen molar-refractivity contribution in [3.63, 3.8) is 0 Å². The molecule has 1 saturated heterocycles. The maximum absolute atomic E-state index is 12.3. The highest BCUT2D eigenvalue weighted by Crippen LogP contribution is 2.24. The van der Waals surface area contributed by atoms with E-state index in [2.05, 4.69) is 3.53 Å². The fourth-order valence-corrected chi connectivity index (χ4v) is 3.05. The van der Waals surface area contributed by atoms with Gasteiger partial charge < -0.3 is 9.80 Å². The highest BCUT2D eigenvalue weighted by Gasteiger charge is 2.29. The van der Waals surface area contributed by atoms with Crippen LogP contribution in [0.5, 0.6) is 0 Å². The number of carbonyl (C=O) groups is 2. The quantitative estimate of drug-likeness (QED) is 0.626. The number of para-hydroxylation sites is 1. The zero-order chi connectivity index (χ0) is 15.2. The Kier molecular flexibility index (Phi) is 5.84. The lowest BCUT2D eigenvalue weighted by Gasteiger charge is -2.38. The van der Waals surface area contributed by atoms with Crippen molar-refractivity contribution < 1.29 is 9.59 Å². The summed E-state index contributed by atoms with van der Waals surface area (Å²) >= 11 is 1.85. The van der Waals surface area contributed by atoms with E-state index in [0.717, 1.165) is 18.5 Å². The third-order valence-electron chi connectivity index (χ3n) is 3.80. The molecule has 1 aromatic carbocycles. The molecule has 2 rings (SSSR count). The molecule has 114 valence electrons. The number of nitrogens with one attached hydrogen (secondary N) is 1. The standard InChI is InChI=1S/C15H20IN3O2/c1-2-14(20)19(12-6-4-3-5-7-12)13-8-10-18(11-9-13)15(21)17-16/h3-7,13H,2,8-11H2,1H3,(H,17,21). The maximum Gasteiger partial charge on any atom is 0.326 e. The van der Waals surface area contributed by atoms with Crippen LogP contribution in [0.2, 0.25) is 0 Å². The molecule has 0 unspecified atom stereocenters. The molecule has 1 aliphatic rings. The van der Waals surface area contributed by atoms with Gasteiger partial charge in [0.05, 0.1) is 22.9 Å². The van der Waals surface area contributed by atoms with Crippen molar-refractivity contribution in [2.75, 3.05) is 18.0 Å². The molecule has 1 N–H and O–H groups in total. The van der Waals surface area contributed by atoms with Crippen LogP contribution in [0.3, 0.4) is 0 Å². The zero-order valence-corrected chi connectivity index (χ0v) is 14.2. The molecule has 0 bridgehead atoms. The van der Waals surface area contributed by atoms with Crippen molar-refractivity contribution >= 4 is 40.5 Å². The summed E-state index contributed by atoms with van der Waals surface area (Å²) in [6.07, 6.45) is 2.11. The molecule has 5 nitrogen and oxygen atoms in total. The number of rotatable bonds is 3. The van der Waals surface area contributed by atoms with Gasteiger partial charge in [0.2, 0.25) is 5.91 Å². The lowest BCUT2D eigenvalue weighted by Crippen LogP contribution is -2.50. The van der Waals surface area contributed by atoms with Crippen LogP contribution < -0.4 is 8.43 Å². The number of amides is 3. The van der Waals surface area contributed by atoms with E-state index in [9.17, 15) is 9.59 Å². The van der Waals surface area contributed by atoms with E-state index in [-0.39, 0.29) is 18.0 Å². The maximum atomic E-state index is 12.3. The topological polar surface area (TPSA) is 52.7 Å². The summed E-state index contributed by atoms with van der Waals surface area (Å²) in [6.45, 7) is 3.25. The molecule has 0 radical (unpaired) electrons. The Bertz CT molecular complexity index is 487. The normalized spacial score (nSPS) is 15.6. The predicted molar refractivity (Wildman–Crippen MR) is 91.4 cm³/mol. The van der Waals surface area contributed by atoms with E-state index in [1.807, 2.05) is 65.0 Å². The van der Waals surface area contributed by atoms with Gasteiger partial charge in [-0.2, -0.15) is 0 Å². The fraction of sp³-hybridized carbons (Fsp3) is 0.467. The molecule has 1 aromatic rings. The van der Waals surface area contributed by atoms with Crippen LogP contribution >= 0.6 is 22.9 Å². The van der Waals surface area contributed by atoms with Gasteiger partial charge in [0, 0.05) is 31.2 Å². The van der Waals surface area contributed by atoms with Crippen LogP contribution in [0.4, 0.5) is 10.5 Å². The summed E-state index contributed by atoms with van der Waals surface area (Å²) in [5.74, 6) is 0.137. The summed E-state index contributed by atoms with van der Waals surface area (Å²) in [5.41, 5.74) is 0.946. The third-order valence-corrected chi connectivity index (χ3v) is 4.26. The summed E-state index contributed by atoms with van der Waals surface area (Å²) in [4.78, 5) is 27.6. The lowest BCUT2D eigenvalue weighted by molar-refractivity contribution is -0.119. The van der Waals surface area contributed by atoms with Crippen molar-refractivity contribution in [1.29, 1.82) is 0 Å². The van der Waals surface area contributed by atoms with Crippen molar-refractivity contribution in [3.8, 4) is 0 Å². The molecule has 0 aliphatic carbocycles. The summed E-state index contributed by atoms with van der Waals surface area (Å²) in [7, 11) is 0. The van der Waals surface area contributed by atoms with Crippen molar-refractivity contribution in [2.45, 2.75) is 32.2 Å². The van der Waals surface area contributed by atoms with Gasteiger partial charge in [0.1, 0.15) is 0 Å². The number of benzene rings is 1. The van der Waals surface area contributed by atoms with Crippen LogP contribution in [0, 0.1) is 0 Å². The SMILES string of the molecule is CCC(=O)N(c1ccccc1)C1CCN(C(=O)NI)CC1. The number of hydrogen-bond donors (Lipinski definition) is 1. The van der Waals surface area contributed by atoms with Crippen molar-refractivity contribution in [3.05, 3.63) is 30.3 Å². The van der Waals surface area contributed by atoms with E-state index in [1.54, 1.807) is 4.90 Å². The molecule has 6 heteroatoms. The van der Waals surface area contributed by atoms with E-state index in [1.165, 1.54) is 0 Å². The molecule has 1 fully saturated rings. The summed E-state index contributed by atoms with van der Waals surface area (Å²) < 4.78 is 2.62. The third kappa shape index (κ3) is 3.87. The average Bonchev–Trinajstić information content (AvgIpc) is 2.55. The predicted octanol–water partition coefficient (Wildman–Crippen LogP) is 2.95. The summed E-state index contributed by atoms with van der Waals surface area (Å²) in [5, 5.41) is 0. The van der Waals surface area contributed by atoms with Gasteiger partial charge in [-0.25, -0.2) is 4.79 Å². The Balaban J connectivity index is 2.10. The second kappa shape index (κ2) is 7.63. The van der Waals surface area contributed by atoms with Gasteiger partial charge in [0.25, 0.3) is 0 Å². The van der Waals surface area contributed by atoms with Gasteiger partial charge in [-0.05, 0) is 25.0 Å². The highest BCUT2D eigenvalue weighted by molar-refractivity contribution is 14.1. The molecule has 0 atom stereocenters. The first kappa shape index (κ1) is 16.1. The fourth-order valence-electron chi connectivity index (χ4n) is 2.70. The van der Waals surface area contributed by atoms with E-state index in [0.29, 0.717) is 19.5 Å². The Morgan fingerprint density at radius 1 is 1.29 bits per heavy atom. The van der Waals surface area contributed by atoms with Crippen LogP contribution in [-0.4, -0.2) is 36.0 Å². The molecular weight excluding hydrogens is 381 g/mol. The number of likely N-dealkylation sites (tertiary alicyclic amines) is 1. The first-order valence-corrected chi connectivity index (χ1v) is 8.28. The Morgan fingerprint density at radius 2 is 1.90 bits per heavy atom. The molecule has 1 heterocycles. The van der Waals surface area contributed by atoms with Crippen LogP contribution in [-0.2, 0) is 4.79 Å². The second-order valence-corrected chi connectivity index (χ2v) is 5.61. The number of hydrogen-bond acceptors (Lipinski definition) is 2. The Hall–Kier alpha value is -1.31. The Morgan fingerprint density at radius 3 is 2.43 bits per heavy atom. The average molecular weight is 401 g/mol. The number of carbonyl (C=O) groups excluding carboxylic acids is 2. The molecule has 21 heavy (non-hydrogen) atoms. The highest BCUT2D eigenvalue weighted by atomic mass is 127. The first-order valence-electron chi connectivity index (χ1n) is 7.20. The molecule has 0 aromatic heterocycles. The zero-order valence-electron chi connectivity index (χ0n) is 12.1. The number of urea groups is 1. The first-order chi connectivity index (χ1) is 10.2. The smallest absolute Gasteiger partial charge is 0.324 e. The number of anilines is 1. The van der Waals surface area contributed by atoms with E-state index in [4.69, 9.17) is 0 Å². The largest absolute Gasteiger partial charge is 0.326 e. The van der Waals surface area contributed by atoms with Crippen LogP contribution in [0.15, 0.2) is 30.3 Å². The van der Waals surface area contributed by atoms with Gasteiger partial charge >= 0.3 is 6.03 Å². The summed E-state index contributed by atoms with van der Waals surface area (Å²) in [6, 6.07) is 9.90. The second-order valence-electron chi connectivity index (χ2n) is 5.07. The van der Waals surface area contributed by atoms with E-state index < -0.39 is 0 Å². The van der Waals surface area contributed by atoms with Crippen LogP contribution in [0.1, 0.15) is 26.2 Å². The molecular formula is C15H20IN3O2. The van der Waals surface area contributed by atoms with Gasteiger partial charge in [0.15, 0.2) is 0 Å². The van der Waals surface area contributed by atoms with Crippen molar-refractivity contribution in [2.24, 2.45) is 0 Å². The van der Waals surface area contributed by atoms with Gasteiger partial charge in [-0.1, -0.05) is 25.1 Å². The van der Waals surface area contributed by atoms with Gasteiger partial charge in [-0.15, -0.1) is 0 Å². The lowest BCUT2D eigenvalue weighted by atomic mass is 10.0. The van der Waals surface area contributed by atoms with Crippen molar-refractivity contribution in [1.82, 2.24) is 8.43 Å². The Labute approximate surface area is 139 Å². The molecule has 0 saturated carbocycles. The molecule has 3 amide bonds. The molecule has 0 spiro atoms. The minimum Gasteiger partial charge on any atom is -0.324 e. The number of halogens is 1. The number of piperidine rings is 1. The van der Waals surface area contributed by atoms with Gasteiger partial charge in [-0.3, -0.25) is 8.32 Å².